The van der Waals surface area contributed by atoms with Crippen LogP contribution in [0.5, 0.6) is 0 Å². The van der Waals surface area contributed by atoms with Crippen molar-refractivity contribution in [3.63, 3.8) is 0 Å². The quantitative estimate of drug-likeness (QED) is 0.740. The highest BCUT2D eigenvalue weighted by molar-refractivity contribution is 7.89. The predicted molar refractivity (Wildman–Crippen MR) is 95.6 cm³/mol. The van der Waals surface area contributed by atoms with Crippen LogP contribution >= 0.6 is 11.6 Å². The van der Waals surface area contributed by atoms with Crippen LogP contribution in [0.3, 0.4) is 0 Å². The van der Waals surface area contributed by atoms with E-state index in [4.69, 9.17) is 11.6 Å². The van der Waals surface area contributed by atoms with Crippen molar-refractivity contribution in [3.05, 3.63) is 82.4 Å². The first-order valence-electron chi connectivity index (χ1n) is 7.99. The van der Waals surface area contributed by atoms with Crippen molar-refractivity contribution in [1.82, 2.24) is 14.5 Å². The molecular formula is C18H15ClFN3O2S. The molecule has 1 aliphatic rings. The van der Waals surface area contributed by atoms with Crippen LogP contribution in [0.2, 0.25) is 5.02 Å². The fourth-order valence-corrected chi connectivity index (χ4v) is 4.93. The first kappa shape index (κ1) is 17.2. The number of halogens is 2. The van der Waals surface area contributed by atoms with Crippen LogP contribution in [0.1, 0.15) is 22.9 Å². The van der Waals surface area contributed by atoms with Crippen LogP contribution < -0.4 is 0 Å². The molecular weight excluding hydrogens is 377 g/mol. The zero-order valence-corrected chi connectivity index (χ0v) is 15.1. The number of H-pyrrole nitrogens is 1. The average molecular weight is 392 g/mol. The van der Waals surface area contributed by atoms with E-state index >= 15 is 0 Å². The van der Waals surface area contributed by atoms with E-state index in [0.29, 0.717) is 17.0 Å². The van der Waals surface area contributed by atoms with Gasteiger partial charge < -0.3 is 0 Å². The minimum atomic E-state index is -3.80. The SMILES string of the molecule is O=S(=O)(c1ccc(Cl)cc1)N1Cc2cn[nH]c2C[C@@H]1c1cccc(F)c1. The van der Waals surface area contributed by atoms with Crippen LogP contribution in [-0.4, -0.2) is 22.9 Å². The van der Waals surface area contributed by atoms with Gasteiger partial charge in [-0.1, -0.05) is 23.7 Å². The summed E-state index contributed by atoms with van der Waals surface area (Å²) in [7, 11) is -3.80. The first-order valence-corrected chi connectivity index (χ1v) is 9.81. The van der Waals surface area contributed by atoms with E-state index in [2.05, 4.69) is 10.2 Å². The standard InChI is InChI=1S/C18H15ClFN3O2S/c19-14-4-6-16(7-5-14)26(24,25)23-11-13-10-21-22-17(13)9-18(23)12-2-1-3-15(20)8-12/h1-8,10,18H,9,11H2,(H,21,22)/t18-/m1/s1. The maximum Gasteiger partial charge on any atom is 0.243 e. The molecule has 1 N–H and O–H groups in total. The molecule has 0 unspecified atom stereocenters. The highest BCUT2D eigenvalue weighted by Gasteiger charge is 2.37. The molecule has 3 aromatic rings. The summed E-state index contributed by atoms with van der Waals surface area (Å²) in [6.45, 7) is 0.165. The van der Waals surface area contributed by atoms with Gasteiger partial charge in [-0.15, -0.1) is 0 Å². The van der Waals surface area contributed by atoms with Crippen LogP contribution in [-0.2, 0) is 23.0 Å². The summed E-state index contributed by atoms with van der Waals surface area (Å²) in [5.41, 5.74) is 2.28. The van der Waals surface area contributed by atoms with Gasteiger partial charge in [-0.05, 0) is 42.0 Å². The van der Waals surface area contributed by atoms with Gasteiger partial charge in [-0.25, -0.2) is 12.8 Å². The molecule has 1 aromatic heterocycles. The molecule has 2 aromatic carbocycles. The normalized spacial score (nSPS) is 17.8. The van der Waals surface area contributed by atoms with Crippen LogP contribution in [0.25, 0.3) is 0 Å². The lowest BCUT2D eigenvalue weighted by molar-refractivity contribution is 0.294. The Bertz CT molecular complexity index is 1050. The average Bonchev–Trinajstić information content (AvgIpc) is 3.08. The summed E-state index contributed by atoms with van der Waals surface area (Å²) in [4.78, 5) is 0.148. The van der Waals surface area contributed by atoms with Crippen molar-refractivity contribution < 1.29 is 12.8 Å². The summed E-state index contributed by atoms with van der Waals surface area (Å²) in [6, 6.07) is 11.5. The zero-order valence-electron chi connectivity index (χ0n) is 13.6. The number of hydrogen-bond donors (Lipinski definition) is 1. The predicted octanol–water partition coefficient (Wildman–Crippen LogP) is 3.69. The Labute approximate surface area is 155 Å². The molecule has 2 heterocycles. The Morgan fingerprint density at radius 1 is 1.19 bits per heavy atom. The summed E-state index contributed by atoms with van der Waals surface area (Å²) in [5.74, 6) is -0.401. The summed E-state index contributed by atoms with van der Waals surface area (Å²) < 4.78 is 41.7. The van der Waals surface area contributed by atoms with Gasteiger partial charge in [0.2, 0.25) is 10.0 Å². The molecule has 0 fully saturated rings. The van der Waals surface area contributed by atoms with Gasteiger partial charge in [-0.3, -0.25) is 5.10 Å². The Morgan fingerprint density at radius 2 is 1.96 bits per heavy atom. The molecule has 0 spiro atoms. The number of benzene rings is 2. The maximum absolute atomic E-state index is 13.7. The third-order valence-electron chi connectivity index (χ3n) is 4.53. The molecule has 0 saturated carbocycles. The van der Waals surface area contributed by atoms with E-state index in [1.165, 1.54) is 28.6 Å². The number of sulfonamides is 1. The Kier molecular flexibility index (Phi) is 4.30. The molecule has 0 aliphatic carbocycles. The highest BCUT2D eigenvalue weighted by Crippen LogP contribution is 2.37. The summed E-state index contributed by atoms with van der Waals surface area (Å²) >= 11 is 5.88. The van der Waals surface area contributed by atoms with E-state index in [-0.39, 0.29) is 11.4 Å². The van der Waals surface area contributed by atoms with Crippen LogP contribution in [0.4, 0.5) is 4.39 Å². The van der Waals surface area contributed by atoms with Gasteiger partial charge in [0, 0.05) is 29.2 Å². The molecule has 0 bridgehead atoms. The Hall–Kier alpha value is -2.22. The molecule has 0 amide bonds. The number of hydrogen-bond acceptors (Lipinski definition) is 3. The van der Waals surface area contributed by atoms with Gasteiger partial charge in [0.05, 0.1) is 17.1 Å². The van der Waals surface area contributed by atoms with Crippen molar-refractivity contribution in [3.8, 4) is 0 Å². The molecule has 0 saturated heterocycles. The number of rotatable bonds is 3. The monoisotopic (exact) mass is 391 g/mol. The Morgan fingerprint density at radius 3 is 2.69 bits per heavy atom. The first-order chi connectivity index (χ1) is 12.4. The maximum atomic E-state index is 13.7. The molecule has 8 heteroatoms. The van der Waals surface area contributed by atoms with Gasteiger partial charge in [-0.2, -0.15) is 9.40 Å². The van der Waals surface area contributed by atoms with Gasteiger partial charge >= 0.3 is 0 Å². The highest BCUT2D eigenvalue weighted by atomic mass is 35.5. The van der Waals surface area contributed by atoms with Crippen molar-refractivity contribution in [2.24, 2.45) is 0 Å². The lowest BCUT2D eigenvalue weighted by Gasteiger charge is -2.34. The molecule has 5 nitrogen and oxygen atoms in total. The lowest BCUT2D eigenvalue weighted by atomic mass is 9.96. The third-order valence-corrected chi connectivity index (χ3v) is 6.65. The van der Waals surface area contributed by atoms with Crippen molar-refractivity contribution in [2.45, 2.75) is 23.9 Å². The van der Waals surface area contributed by atoms with E-state index in [1.807, 2.05) is 0 Å². The number of nitrogens with zero attached hydrogens (tertiary/aromatic N) is 2. The van der Waals surface area contributed by atoms with Crippen molar-refractivity contribution in [2.75, 3.05) is 0 Å². The molecule has 26 heavy (non-hydrogen) atoms. The fourth-order valence-electron chi connectivity index (χ4n) is 3.22. The Balaban J connectivity index is 1.81. The lowest BCUT2D eigenvalue weighted by Crippen LogP contribution is -2.38. The topological polar surface area (TPSA) is 66.1 Å². The number of fused-ring (bicyclic) bond motifs is 1. The minimum Gasteiger partial charge on any atom is -0.282 e. The van der Waals surface area contributed by atoms with Crippen LogP contribution in [0, 0.1) is 5.82 Å². The van der Waals surface area contributed by atoms with Gasteiger partial charge in [0.25, 0.3) is 0 Å². The molecule has 134 valence electrons. The van der Waals surface area contributed by atoms with E-state index in [1.54, 1.807) is 30.5 Å². The second-order valence-corrected chi connectivity index (χ2v) is 8.48. The van der Waals surface area contributed by atoms with Gasteiger partial charge in [0.1, 0.15) is 5.82 Å². The van der Waals surface area contributed by atoms with Crippen molar-refractivity contribution in [1.29, 1.82) is 0 Å². The minimum absolute atomic E-state index is 0.148. The molecule has 1 aliphatic heterocycles. The van der Waals surface area contributed by atoms with E-state index in [0.717, 1.165) is 11.3 Å². The van der Waals surface area contributed by atoms with Gasteiger partial charge in [0.15, 0.2) is 0 Å². The largest absolute Gasteiger partial charge is 0.282 e. The third kappa shape index (κ3) is 3.02. The second-order valence-electron chi connectivity index (χ2n) is 6.15. The number of aromatic amines is 1. The number of nitrogens with one attached hydrogen (secondary N) is 1. The summed E-state index contributed by atoms with van der Waals surface area (Å²) in [5, 5.41) is 7.38. The smallest absolute Gasteiger partial charge is 0.243 e. The van der Waals surface area contributed by atoms with E-state index in [9.17, 15) is 12.8 Å². The molecule has 0 radical (unpaired) electrons. The van der Waals surface area contributed by atoms with E-state index < -0.39 is 21.9 Å². The number of aromatic nitrogens is 2. The summed E-state index contributed by atoms with van der Waals surface area (Å²) in [6.07, 6.45) is 2.02. The second kappa shape index (κ2) is 6.50. The fraction of sp³-hybridized carbons (Fsp3) is 0.167. The molecule has 4 rings (SSSR count). The van der Waals surface area contributed by atoms with Crippen molar-refractivity contribution >= 4 is 21.6 Å². The zero-order chi connectivity index (χ0) is 18.3. The van der Waals surface area contributed by atoms with Crippen LogP contribution in [0.15, 0.2) is 59.6 Å². The molecule has 1 atom stereocenters.